The van der Waals surface area contributed by atoms with Crippen LogP contribution in [0.5, 0.6) is 0 Å². The lowest BCUT2D eigenvalue weighted by Gasteiger charge is -2.24. The zero-order valence-corrected chi connectivity index (χ0v) is 19.7. The van der Waals surface area contributed by atoms with Gasteiger partial charge in [0.25, 0.3) is 0 Å². The number of carboxylic acids is 2. The first kappa shape index (κ1) is 30.5. The number of nitrogens with two attached hydrogens (primary N) is 3. The van der Waals surface area contributed by atoms with Crippen molar-refractivity contribution in [2.45, 2.75) is 56.3 Å². The monoisotopic (exact) mass is 522 g/mol. The molecule has 0 saturated heterocycles. The second-order valence-electron chi connectivity index (χ2n) is 8.09. The highest BCUT2D eigenvalue weighted by Gasteiger charge is 2.32. The fourth-order valence-corrected chi connectivity index (χ4v) is 3.10. The molecule has 0 aliphatic carbocycles. The molecule has 15 heteroatoms. The molecule has 1 aromatic carbocycles. The summed E-state index contributed by atoms with van der Waals surface area (Å²) in [5.41, 5.74) is 16.3. The van der Waals surface area contributed by atoms with Gasteiger partial charge < -0.3 is 43.4 Å². The number of amides is 5. The lowest BCUT2D eigenvalue weighted by atomic mass is 10.0. The van der Waals surface area contributed by atoms with E-state index in [0.717, 1.165) is 0 Å². The minimum atomic E-state index is -1.68. The normalized spacial score (nSPS) is 13.8. The number of carbonyl (C=O) groups excluding carboxylic acids is 5. The summed E-state index contributed by atoms with van der Waals surface area (Å²) in [5.74, 6) is -7.71. The molecule has 0 saturated carbocycles. The minimum absolute atomic E-state index is 0.146. The molecule has 0 spiro atoms. The van der Waals surface area contributed by atoms with Gasteiger partial charge in [-0.1, -0.05) is 30.3 Å². The molecule has 202 valence electrons. The Hall–Kier alpha value is -4.53. The largest absolute Gasteiger partial charge is 0.481 e. The fourth-order valence-electron chi connectivity index (χ4n) is 3.10. The fraction of sp³-hybridized carbons (Fsp3) is 0.409. The van der Waals surface area contributed by atoms with E-state index in [1.807, 2.05) is 0 Å². The van der Waals surface area contributed by atoms with Crippen molar-refractivity contribution >= 4 is 41.5 Å². The van der Waals surface area contributed by atoms with E-state index in [4.69, 9.17) is 17.2 Å². The molecule has 4 atom stereocenters. The second-order valence-corrected chi connectivity index (χ2v) is 8.09. The maximum atomic E-state index is 12.9. The van der Waals surface area contributed by atoms with Crippen molar-refractivity contribution < 1.29 is 43.8 Å². The van der Waals surface area contributed by atoms with Gasteiger partial charge in [-0.2, -0.15) is 0 Å². The Morgan fingerprint density at radius 1 is 0.730 bits per heavy atom. The smallest absolute Gasteiger partial charge is 0.326 e. The van der Waals surface area contributed by atoms with Crippen molar-refractivity contribution in [3.63, 3.8) is 0 Å². The third kappa shape index (κ3) is 11.6. The van der Waals surface area contributed by atoms with Crippen LogP contribution in [0, 0.1) is 0 Å². The van der Waals surface area contributed by atoms with Crippen LogP contribution in [0.25, 0.3) is 0 Å². The lowest BCUT2D eigenvalue weighted by Crippen LogP contribution is -2.58. The van der Waals surface area contributed by atoms with Crippen molar-refractivity contribution in [1.29, 1.82) is 0 Å². The van der Waals surface area contributed by atoms with Crippen molar-refractivity contribution in [2.24, 2.45) is 17.2 Å². The molecule has 0 aliphatic heterocycles. The van der Waals surface area contributed by atoms with Crippen LogP contribution in [0.2, 0.25) is 0 Å². The van der Waals surface area contributed by atoms with Gasteiger partial charge >= 0.3 is 11.9 Å². The summed E-state index contributed by atoms with van der Waals surface area (Å²) in [7, 11) is 0. The Kier molecular flexibility index (Phi) is 12.2. The average Bonchev–Trinajstić information content (AvgIpc) is 2.80. The summed E-state index contributed by atoms with van der Waals surface area (Å²) >= 11 is 0. The summed E-state index contributed by atoms with van der Waals surface area (Å²) in [4.78, 5) is 83.0. The van der Waals surface area contributed by atoms with Crippen molar-refractivity contribution in [1.82, 2.24) is 16.0 Å². The predicted octanol–water partition coefficient (Wildman–Crippen LogP) is -3.29. The summed E-state index contributed by atoms with van der Waals surface area (Å²) in [6, 6.07) is 2.20. The van der Waals surface area contributed by atoms with Crippen molar-refractivity contribution in [3.8, 4) is 0 Å². The summed E-state index contributed by atoms with van der Waals surface area (Å²) in [6.45, 7) is 0. The van der Waals surface area contributed by atoms with E-state index in [-0.39, 0.29) is 19.3 Å². The number of hydrogen-bond donors (Lipinski definition) is 8. The molecule has 0 fully saturated rings. The van der Waals surface area contributed by atoms with Crippen LogP contribution in [-0.2, 0) is 40.0 Å². The number of rotatable bonds is 16. The molecule has 5 amide bonds. The molecule has 37 heavy (non-hydrogen) atoms. The van der Waals surface area contributed by atoms with E-state index in [1.54, 1.807) is 30.3 Å². The Labute approximate surface area is 211 Å². The Balaban J connectivity index is 3.11. The van der Waals surface area contributed by atoms with E-state index in [2.05, 4.69) is 16.0 Å². The van der Waals surface area contributed by atoms with Crippen LogP contribution in [0.3, 0.4) is 0 Å². The third-order valence-corrected chi connectivity index (χ3v) is 4.99. The molecule has 0 aliphatic rings. The maximum absolute atomic E-state index is 12.9. The molecular weight excluding hydrogens is 492 g/mol. The van der Waals surface area contributed by atoms with Crippen LogP contribution in [0.15, 0.2) is 30.3 Å². The summed E-state index contributed by atoms with van der Waals surface area (Å²) in [5, 5.41) is 25.1. The highest BCUT2D eigenvalue weighted by Crippen LogP contribution is 2.06. The molecule has 1 rings (SSSR count). The highest BCUT2D eigenvalue weighted by atomic mass is 16.4. The molecule has 0 heterocycles. The SMILES string of the molecule is NC(=O)CCC(N)C(=O)NC(CC(=O)O)C(=O)NC(Cc1ccccc1)C(=O)NC(CC(N)=O)C(=O)O. The lowest BCUT2D eigenvalue weighted by molar-refractivity contribution is -0.144. The highest BCUT2D eigenvalue weighted by molar-refractivity contribution is 5.96. The molecule has 15 nitrogen and oxygen atoms in total. The Morgan fingerprint density at radius 3 is 1.78 bits per heavy atom. The average molecular weight is 523 g/mol. The third-order valence-electron chi connectivity index (χ3n) is 4.99. The van der Waals surface area contributed by atoms with Gasteiger partial charge in [0, 0.05) is 12.8 Å². The van der Waals surface area contributed by atoms with Crippen LogP contribution in [-0.4, -0.2) is 75.9 Å². The quantitative estimate of drug-likeness (QED) is 0.107. The van der Waals surface area contributed by atoms with E-state index in [9.17, 15) is 43.8 Å². The molecular formula is C22H30N6O9. The van der Waals surface area contributed by atoms with Crippen LogP contribution < -0.4 is 33.2 Å². The van der Waals surface area contributed by atoms with E-state index in [1.165, 1.54) is 0 Å². The molecule has 0 radical (unpaired) electrons. The minimum Gasteiger partial charge on any atom is -0.481 e. The molecule has 1 aromatic rings. The van der Waals surface area contributed by atoms with Gasteiger partial charge in [-0.15, -0.1) is 0 Å². The van der Waals surface area contributed by atoms with E-state index < -0.39 is 78.5 Å². The van der Waals surface area contributed by atoms with Crippen LogP contribution in [0.1, 0.15) is 31.2 Å². The van der Waals surface area contributed by atoms with Gasteiger partial charge in [0.2, 0.25) is 29.5 Å². The Bertz CT molecular complexity index is 1020. The van der Waals surface area contributed by atoms with Gasteiger partial charge in [0.05, 0.1) is 18.9 Å². The van der Waals surface area contributed by atoms with E-state index in [0.29, 0.717) is 5.56 Å². The predicted molar refractivity (Wildman–Crippen MR) is 126 cm³/mol. The first-order chi connectivity index (χ1) is 17.3. The van der Waals surface area contributed by atoms with Gasteiger partial charge in [-0.25, -0.2) is 4.79 Å². The molecule has 11 N–H and O–H groups in total. The number of primary amides is 2. The number of nitrogens with one attached hydrogen (secondary N) is 3. The van der Waals surface area contributed by atoms with Gasteiger partial charge in [0.15, 0.2) is 0 Å². The molecule has 4 unspecified atom stereocenters. The number of carbonyl (C=O) groups is 7. The second kappa shape index (κ2) is 14.8. The van der Waals surface area contributed by atoms with Gasteiger partial charge in [0.1, 0.15) is 18.1 Å². The zero-order chi connectivity index (χ0) is 28.1. The van der Waals surface area contributed by atoms with E-state index >= 15 is 0 Å². The van der Waals surface area contributed by atoms with Crippen LogP contribution in [0.4, 0.5) is 0 Å². The number of carboxylic acid groups (broad SMARTS) is 2. The molecule has 0 bridgehead atoms. The van der Waals surface area contributed by atoms with Crippen molar-refractivity contribution in [3.05, 3.63) is 35.9 Å². The first-order valence-corrected chi connectivity index (χ1v) is 11.0. The Morgan fingerprint density at radius 2 is 1.27 bits per heavy atom. The first-order valence-electron chi connectivity index (χ1n) is 11.0. The number of hydrogen-bond acceptors (Lipinski definition) is 8. The topological polar surface area (TPSA) is 274 Å². The standard InChI is InChI=1S/C22H30N6O9/c23-12(6-7-16(24)29)19(33)26-14(10-18(31)32)21(35)27-13(8-11-4-2-1-3-5-11)20(34)28-15(22(36)37)9-17(25)30/h1-5,12-15H,6-10,23H2,(H2,24,29)(H2,25,30)(H,26,33)(H,27,35)(H,28,34)(H,31,32)(H,36,37). The molecule has 0 aromatic heterocycles. The summed E-state index contributed by atoms with van der Waals surface area (Å²) < 4.78 is 0. The van der Waals surface area contributed by atoms with Crippen LogP contribution >= 0.6 is 0 Å². The zero-order valence-electron chi connectivity index (χ0n) is 19.7. The van der Waals surface area contributed by atoms with Gasteiger partial charge in [-0.05, 0) is 12.0 Å². The number of aliphatic carboxylic acids is 2. The van der Waals surface area contributed by atoms with Gasteiger partial charge in [-0.3, -0.25) is 28.8 Å². The van der Waals surface area contributed by atoms with Crippen molar-refractivity contribution in [2.75, 3.05) is 0 Å². The number of benzene rings is 1. The maximum Gasteiger partial charge on any atom is 0.326 e. The summed E-state index contributed by atoms with van der Waals surface area (Å²) in [6.07, 6.45) is -2.11.